The highest BCUT2D eigenvalue weighted by molar-refractivity contribution is 7.80. The molecule has 0 spiro atoms. The van der Waals surface area contributed by atoms with Crippen molar-refractivity contribution >= 4 is 29.0 Å². The summed E-state index contributed by atoms with van der Waals surface area (Å²) in [6.45, 7) is 2.74. The molecule has 2 N–H and O–H groups in total. The minimum absolute atomic E-state index is 0.0959. The molecule has 18 heavy (non-hydrogen) atoms. The number of nitrogens with zero attached hydrogens (tertiary/aromatic N) is 3. The second kappa shape index (κ2) is 6.85. The molecule has 1 heterocycles. The molecule has 0 aliphatic heterocycles. The Balaban J connectivity index is 3.04. The topological polar surface area (TPSA) is 81.3 Å². The van der Waals surface area contributed by atoms with Crippen molar-refractivity contribution in [1.82, 2.24) is 10.2 Å². The molecule has 7 heteroatoms. The molecule has 0 fully saturated rings. The zero-order valence-electron chi connectivity index (χ0n) is 10.4. The van der Waals surface area contributed by atoms with Gasteiger partial charge in [-0.1, -0.05) is 19.1 Å². The Morgan fingerprint density at radius 3 is 2.89 bits per heavy atom. The Hall–Kier alpha value is -1.76. The number of anilines is 1. The van der Waals surface area contributed by atoms with Gasteiger partial charge in [0.15, 0.2) is 5.82 Å². The predicted octanol–water partition coefficient (Wildman–Crippen LogP) is 0.500. The first-order valence-electron chi connectivity index (χ1n) is 5.53. The molecule has 1 aromatic heterocycles. The molecule has 0 bridgehead atoms. The first kappa shape index (κ1) is 14.3. The van der Waals surface area contributed by atoms with Crippen LogP contribution in [0.4, 0.5) is 5.82 Å². The van der Waals surface area contributed by atoms with Crippen LogP contribution in [0.15, 0.2) is 12.3 Å². The van der Waals surface area contributed by atoms with Crippen LogP contribution >= 0.6 is 12.2 Å². The summed E-state index contributed by atoms with van der Waals surface area (Å²) < 4.78 is 4.66. The minimum atomic E-state index is -0.344. The third-order valence-electron chi connectivity index (χ3n) is 2.31. The second-order valence-electron chi connectivity index (χ2n) is 3.63. The highest BCUT2D eigenvalue weighted by atomic mass is 32.1. The van der Waals surface area contributed by atoms with Crippen LogP contribution in [0.1, 0.15) is 18.9 Å². The molecule has 0 aromatic carbocycles. The Morgan fingerprint density at radius 1 is 1.61 bits per heavy atom. The zero-order chi connectivity index (χ0) is 13.5. The maximum atomic E-state index is 11.4. The molecule has 1 rings (SSSR count). The molecule has 0 saturated heterocycles. The summed E-state index contributed by atoms with van der Waals surface area (Å²) in [5, 5.41) is 7.81. The number of ether oxygens (including phenoxy) is 1. The van der Waals surface area contributed by atoms with Gasteiger partial charge < -0.3 is 15.4 Å². The van der Waals surface area contributed by atoms with Crippen LogP contribution in [0.25, 0.3) is 0 Å². The number of carbonyl (C=O) groups is 1. The number of nitrogens with two attached hydrogens (primary N) is 1. The van der Waals surface area contributed by atoms with E-state index in [4.69, 9.17) is 18.0 Å². The molecule has 0 amide bonds. The van der Waals surface area contributed by atoms with Crippen LogP contribution in [0.5, 0.6) is 0 Å². The molecule has 0 aliphatic rings. The molecular weight excluding hydrogens is 252 g/mol. The van der Waals surface area contributed by atoms with Gasteiger partial charge in [0, 0.05) is 6.54 Å². The van der Waals surface area contributed by atoms with Gasteiger partial charge in [-0.2, -0.15) is 5.10 Å². The SMILES string of the molecule is CCCN(CC(=O)OC)c1nnccc1C(N)=S. The number of aromatic nitrogens is 2. The Labute approximate surface area is 111 Å². The van der Waals surface area contributed by atoms with E-state index in [1.165, 1.54) is 13.3 Å². The lowest BCUT2D eigenvalue weighted by atomic mass is 10.2. The molecule has 0 aliphatic carbocycles. The zero-order valence-corrected chi connectivity index (χ0v) is 11.2. The van der Waals surface area contributed by atoms with Crippen LogP contribution in [-0.4, -0.2) is 41.4 Å². The van der Waals surface area contributed by atoms with Gasteiger partial charge in [-0.3, -0.25) is 4.79 Å². The van der Waals surface area contributed by atoms with E-state index in [1.54, 1.807) is 11.0 Å². The predicted molar refractivity (Wildman–Crippen MR) is 72.4 cm³/mol. The number of thiocarbonyl (C=S) groups is 1. The summed E-state index contributed by atoms with van der Waals surface area (Å²) in [6, 6.07) is 1.69. The number of esters is 1. The van der Waals surface area contributed by atoms with Crippen molar-refractivity contribution in [1.29, 1.82) is 0 Å². The number of carbonyl (C=O) groups excluding carboxylic acids is 1. The quantitative estimate of drug-likeness (QED) is 0.594. The van der Waals surface area contributed by atoms with E-state index in [0.29, 0.717) is 17.9 Å². The van der Waals surface area contributed by atoms with Crippen LogP contribution in [-0.2, 0) is 9.53 Å². The smallest absolute Gasteiger partial charge is 0.325 e. The summed E-state index contributed by atoms with van der Waals surface area (Å²) in [4.78, 5) is 13.4. The maximum Gasteiger partial charge on any atom is 0.325 e. The Kier molecular flexibility index (Phi) is 5.44. The van der Waals surface area contributed by atoms with Gasteiger partial charge in [0.2, 0.25) is 0 Å². The minimum Gasteiger partial charge on any atom is -0.468 e. The Bertz CT molecular complexity index is 439. The highest BCUT2D eigenvalue weighted by Gasteiger charge is 2.17. The lowest BCUT2D eigenvalue weighted by Crippen LogP contribution is -2.34. The molecule has 0 radical (unpaired) electrons. The fourth-order valence-corrected chi connectivity index (χ4v) is 1.66. The summed E-state index contributed by atoms with van der Waals surface area (Å²) >= 11 is 4.96. The van der Waals surface area contributed by atoms with Gasteiger partial charge in [0.25, 0.3) is 0 Å². The van der Waals surface area contributed by atoms with Crippen molar-refractivity contribution in [2.75, 3.05) is 25.1 Å². The van der Waals surface area contributed by atoms with E-state index in [-0.39, 0.29) is 17.5 Å². The summed E-state index contributed by atoms with van der Waals surface area (Å²) in [5.41, 5.74) is 6.24. The van der Waals surface area contributed by atoms with Gasteiger partial charge in [-0.05, 0) is 12.5 Å². The van der Waals surface area contributed by atoms with Crippen LogP contribution < -0.4 is 10.6 Å². The van der Waals surface area contributed by atoms with Crippen molar-refractivity contribution in [2.45, 2.75) is 13.3 Å². The molecule has 0 saturated carbocycles. The third kappa shape index (κ3) is 3.63. The van der Waals surface area contributed by atoms with Gasteiger partial charge in [-0.15, -0.1) is 5.10 Å². The van der Waals surface area contributed by atoms with E-state index in [9.17, 15) is 4.79 Å². The normalized spacial score (nSPS) is 9.89. The number of hydrogen-bond donors (Lipinski definition) is 1. The van der Waals surface area contributed by atoms with Crippen molar-refractivity contribution in [3.63, 3.8) is 0 Å². The van der Waals surface area contributed by atoms with Crippen LogP contribution in [0, 0.1) is 0 Å². The maximum absolute atomic E-state index is 11.4. The molecule has 6 nitrogen and oxygen atoms in total. The Morgan fingerprint density at radius 2 is 2.33 bits per heavy atom. The van der Waals surface area contributed by atoms with E-state index in [2.05, 4.69) is 14.9 Å². The average Bonchev–Trinajstić information content (AvgIpc) is 2.38. The van der Waals surface area contributed by atoms with Gasteiger partial charge in [0.1, 0.15) is 11.5 Å². The van der Waals surface area contributed by atoms with E-state index < -0.39 is 0 Å². The standard InChI is InChI=1S/C11H16N4O2S/c1-3-6-15(7-9(16)17-2)11-8(10(12)18)4-5-13-14-11/h4-5H,3,6-7H2,1-2H3,(H2,12,18). The fourth-order valence-electron chi connectivity index (χ4n) is 1.50. The van der Waals surface area contributed by atoms with Gasteiger partial charge >= 0.3 is 5.97 Å². The van der Waals surface area contributed by atoms with Crippen molar-refractivity contribution in [2.24, 2.45) is 5.73 Å². The molecule has 1 aromatic rings. The average molecular weight is 268 g/mol. The summed E-state index contributed by atoms with van der Waals surface area (Å²) in [6.07, 6.45) is 2.37. The lowest BCUT2D eigenvalue weighted by molar-refractivity contribution is -0.138. The van der Waals surface area contributed by atoms with Crippen molar-refractivity contribution in [3.8, 4) is 0 Å². The first-order valence-corrected chi connectivity index (χ1v) is 5.94. The number of hydrogen-bond acceptors (Lipinski definition) is 6. The van der Waals surface area contributed by atoms with Crippen molar-refractivity contribution < 1.29 is 9.53 Å². The second-order valence-corrected chi connectivity index (χ2v) is 4.07. The molecule has 0 atom stereocenters. The fraction of sp³-hybridized carbons (Fsp3) is 0.455. The van der Waals surface area contributed by atoms with Gasteiger partial charge in [-0.25, -0.2) is 0 Å². The number of rotatable bonds is 6. The number of methoxy groups -OCH3 is 1. The monoisotopic (exact) mass is 268 g/mol. The van der Waals surface area contributed by atoms with E-state index in [0.717, 1.165) is 6.42 Å². The highest BCUT2D eigenvalue weighted by Crippen LogP contribution is 2.16. The van der Waals surface area contributed by atoms with E-state index >= 15 is 0 Å². The lowest BCUT2D eigenvalue weighted by Gasteiger charge is -2.23. The van der Waals surface area contributed by atoms with Crippen LogP contribution in [0.3, 0.4) is 0 Å². The van der Waals surface area contributed by atoms with Gasteiger partial charge in [0.05, 0.1) is 18.9 Å². The molecular formula is C11H16N4O2S. The largest absolute Gasteiger partial charge is 0.468 e. The molecule has 0 unspecified atom stereocenters. The first-order chi connectivity index (χ1) is 8.60. The summed E-state index contributed by atoms with van der Waals surface area (Å²) in [5.74, 6) is 0.167. The van der Waals surface area contributed by atoms with Crippen molar-refractivity contribution in [3.05, 3.63) is 17.8 Å². The van der Waals surface area contributed by atoms with E-state index in [1.807, 2.05) is 6.92 Å². The molecule has 98 valence electrons. The third-order valence-corrected chi connectivity index (χ3v) is 2.53. The van der Waals surface area contributed by atoms with Crippen LogP contribution in [0.2, 0.25) is 0 Å². The summed E-state index contributed by atoms with van der Waals surface area (Å²) in [7, 11) is 1.34.